The fraction of sp³-hybridized carbons (Fsp3) is 0.312. The molecule has 0 unspecified atom stereocenters. The largest absolute Gasteiger partial charge is 0.351 e. The normalized spacial score (nSPS) is 13.7. The van der Waals surface area contributed by atoms with Gasteiger partial charge in [0.25, 0.3) is 5.91 Å². The van der Waals surface area contributed by atoms with Crippen LogP contribution in [0.2, 0.25) is 0 Å². The van der Waals surface area contributed by atoms with Crippen LogP contribution in [0.5, 0.6) is 0 Å². The van der Waals surface area contributed by atoms with Crippen molar-refractivity contribution in [3.63, 3.8) is 0 Å². The number of carbonyl (C=O) groups is 1. The molecular weight excluding hydrogens is 278 g/mol. The molecule has 4 N–H and O–H groups in total. The summed E-state index contributed by atoms with van der Waals surface area (Å²) < 4.78 is 0. The lowest BCUT2D eigenvalue weighted by Gasteiger charge is -2.11. The highest BCUT2D eigenvalue weighted by atomic mass is 16.1. The van der Waals surface area contributed by atoms with Crippen molar-refractivity contribution in [1.29, 1.82) is 0 Å². The predicted octanol–water partition coefficient (Wildman–Crippen LogP) is 1.80. The van der Waals surface area contributed by atoms with Crippen molar-refractivity contribution in [3.8, 4) is 0 Å². The number of hydrogen-bond donors (Lipinski definition) is 3. The van der Waals surface area contributed by atoms with Gasteiger partial charge in [0.15, 0.2) is 0 Å². The zero-order valence-electron chi connectivity index (χ0n) is 12.2. The number of anilines is 2. The molecule has 1 aliphatic rings. The number of amides is 1. The van der Waals surface area contributed by atoms with E-state index in [2.05, 4.69) is 20.6 Å². The van der Waals surface area contributed by atoms with Crippen LogP contribution >= 0.6 is 0 Å². The highest BCUT2D eigenvalue weighted by molar-refractivity contribution is 6.04. The molecule has 3 rings (SSSR count). The number of benzene rings is 1. The average Bonchev–Trinajstić information content (AvgIpc) is 3.33. The number of rotatable bonds is 6. The fourth-order valence-corrected chi connectivity index (χ4v) is 2.13. The number of nitrogens with two attached hydrogens (primary N) is 1. The second kappa shape index (κ2) is 6.53. The van der Waals surface area contributed by atoms with Gasteiger partial charge in [-0.05, 0) is 31.5 Å². The van der Waals surface area contributed by atoms with Gasteiger partial charge in [-0.25, -0.2) is 9.97 Å². The summed E-state index contributed by atoms with van der Waals surface area (Å²) in [6, 6.07) is 9.78. The van der Waals surface area contributed by atoms with E-state index in [-0.39, 0.29) is 5.91 Å². The number of nitrogens with one attached hydrogen (secondary N) is 2. The van der Waals surface area contributed by atoms with Gasteiger partial charge in [-0.3, -0.25) is 4.79 Å². The second-order valence-electron chi connectivity index (χ2n) is 5.33. The van der Waals surface area contributed by atoms with Gasteiger partial charge in [-0.1, -0.05) is 18.2 Å². The van der Waals surface area contributed by atoms with E-state index in [1.807, 2.05) is 30.3 Å². The summed E-state index contributed by atoms with van der Waals surface area (Å²) in [7, 11) is 0. The molecule has 0 radical (unpaired) electrons. The summed E-state index contributed by atoms with van der Waals surface area (Å²) in [6.07, 6.45) is 4.40. The van der Waals surface area contributed by atoms with E-state index in [0.717, 1.165) is 18.5 Å². The third-order valence-corrected chi connectivity index (χ3v) is 3.44. The Kier molecular flexibility index (Phi) is 4.29. The Balaban J connectivity index is 1.79. The Labute approximate surface area is 129 Å². The molecular formula is C16H19N5O. The molecule has 1 aliphatic carbocycles. The van der Waals surface area contributed by atoms with Crippen LogP contribution in [0, 0.1) is 0 Å². The number of aromatic nitrogens is 2. The highest BCUT2D eigenvalue weighted by Crippen LogP contribution is 2.23. The first-order valence-corrected chi connectivity index (χ1v) is 7.45. The maximum atomic E-state index is 12.4. The minimum absolute atomic E-state index is 0.215. The average molecular weight is 297 g/mol. The van der Waals surface area contributed by atoms with E-state index in [4.69, 9.17) is 5.73 Å². The quantitative estimate of drug-likeness (QED) is 0.756. The molecule has 22 heavy (non-hydrogen) atoms. The summed E-state index contributed by atoms with van der Waals surface area (Å²) in [5, 5.41) is 6.09. The van der Waals surface area contributed by atoms with Gasteiger partial charge in [0.1, 0.15) is 0 Å². The molecule has 6 heteroatoms. The standard InChI is InChI=1S/C16H19N5O/c17-9-8-14-13(10-18-16(21-14)20-12-6-7-12)15(22)19-11-4-2-1-3-5-11/h1-5,10,12H,6-9,17H2,(H,19,22)(H,18,20,21). The second-order valence-corrected chi connectivity index (χ2v) is 5.33. The molecule has 1 aromatic heterocycles. The predicted molar refractivity (Wildman–Crippen MR) is 85.8 cm³/mol. The summed E-state index contributed by atoms with van der Waals surface area (Å²) in [4.78, 5) is 21.1. The Morgan fingerprint density at radius 3 is 2.73 bits per heavy atom. The first kappa shape index (κ1) is 14.5. The van der Waals surface area contributed by atoms with Crippen LogP contribution in [0.1, 0.15) is 28.9 Å². The topological polar surface area (TPSA) is 92.9 Å². The van der Waals surface area contributed by atoms with Crippen molar-refractivity contribution in [2.45, 2.75) is 25.3 Å². The van der Waals surface area contributed by atoms with Crippen LogP contribution in [0.3, 0.4) is 0 Å². The van der Waals surface area contributed by atoms with Gasteiger partial charge in [0, 0.05) is 24.3 Å². The molecule has 114 valence electrons. The summed E-state index contributed by atoms with van der Waals surface area (Å²) in [5.41, 5.74) is 7.52. The van der Waals surface area contributed by atoms with Gasteiger partial charge in [0.05, 0.1) is 11.3 Å². The van der Waals surface area contributed by atoms with E-state index < -0.39 is 0 Å². The molecule has 1 saturated carbocycles. The van der Waals surface area contributed by atoms with Crippen molar-refractivity contribution in [1.82, 2.24) is 9.97 Å². The van der Waals surface area contributed by atoms with Crippen molar-refractivity contribution < 1.29 is 4.79 Å². The minimum Gasteiger partial charge on any atom is -0.351 e. The van der Waals surface area contributed by atoms with Crippen LogP contribution in [0.15, 0.2) is 36.5 Å². The molecule has 6 nitrogen and oxygen atoms in total. The highest BCUT2D eigenvalue weighted by Gasteiger charge is 2.23. The molecule has 0 aliphatic heterocycles. The van der Waals surface area contributed by atoms with Gasteiger partial charge < -0.3 is 16.4 Å². The van der Waals surface area contributed by atoms with E-state index >= 15 is 0 Å². The van der Waals surface area contributed by atoms with Gasteiger partial charge in [-0.2, -0.15) is 0 Å². The van der Waals surface area contributed by atoms with E-state index in [1.54, 1.807) is 6.20 Å². The van der Waals surface area contributed by atoms with Crippen LogP contribution in [0.25, 0.3) is 0 Å². The Morgan fingerprint density at radius 2 is 2.05 bits per heavy atom. The monoisotopic (exact) mass is 297 g/mol. The van der Waals surface area contributed by atoms with Crippen LogP contribution in [0.4, 0.5) is 11.6 Å². The van der Waals surface area contributed by atoms with Crippen LogP contribution in [-0.2, 0) is 6.42 Å². The van der Waals surface area contributed by atoms with Crippen molar-refractivity contribution >= 4 is 17.5 Å². The zero-order chi connectivity index (χ0) is 15.4. The maximum Gasteiger partial charge on any atom is 0.259 e. The van der Waals surface area contributed by atoms with Gasteiger partial charge in [0.2, 0.25) is 5.95 Å². The zero-order valence-corrected chi connectivity index (χ0v) is 12.2. The molecule has 0 saturated heterocycles. The molecule has 0 spiro atoms. The molecule has 1 heterocycles. The third kappa shape index (κ3) is 3.59. The maximum absolute atomic E-state index is 12.4. The number of para-hydroxylation sites is 1. The van der Waals surface area contributed by atoms with E-state index in [1.165, 1.54) is 0 Å². The van der Waals surface area contributed by atoms with Gasteiger partial charge in [-0.15, -0.1) is 0 Å². The molecule has 0 bridgehead atoms. The van der Waals surface area contributed by atoms with E-state index in [0.29, 0.717) is 36.2 Å². The summed E-state index contributed by atoms with van der Waals surface area (Å²) >= 11 is 0. The Hall–Kier alpha value is -2.47. The Bertz CT molecular complexity index is 655. The lowest BCUT2D eigenvalue weighted by molar-refractivity contribution is 0.102. The lowest BCUT2D eigenvalue weighted by atomic mass is 10.1. The third-order valence-electron chi connectivity index (χ3n) is 3.44. The van der Waals surface area contributed by atoms with E-state index in [9.17, 15) is 4.79 Å². The number of hydrogen-bond acceptors (Lipinski definition) is 5. The van der Waals surface area contributed by atoms with Crippen molar-refractivity contribution in [2.75, 3.05) is 17.2 Å². The van der Waals surface area contributed by atoms with Crippen LogP contribution < -0.4 is 16.4 Å². The molecule has 1 aromatic carbocycles. The van der Waals surface area contributed by atoms with Crippen molar-refractivity contribution in [3.05, 3.63) is 47.8 Å². The SMILES string of the molecule is NCCc1nc(NC2CC2)ncc1C(=O)Nc1ccccc1. The first-order valence-electron chi connectivity index (χ1n) is 7.45. The van der Waals surface area contributed by atoms with Crippen LogP contribution in [-0.4, -0.2) is 28.5 Å². The minimum atomic E-state index is -0.215. The molecule has 1 fully saturated rings. The molecule has 2 aromatic rings. The fourth-order valence-electron chi connectivity index (χ4n) is 2.13. The smallest absolute Gasteiger partial charge is 0.259 e. The summed E-state index contributed by atoms with van der Waals surface area (Å²) in [5.74, 6) is 0.356. The number of carbonyl (C=O) groups excluding carboxylic acids is 1. The Morgan fingerprint density at radius 1 is 1.27 bits per heavy atom. The molecule has 0 atom stereocenters. The first-order chi connectivity index (χ1) is 10.8. The summed E-state index contributed by atoms with van der Waals surface area (Å²) in [6.45, 7) is 0.436. The van der Waals surface area contributed by atoms with Gasteiger partial charge >= 0.3 is 0 Å². The lowest BCUT2D eigenvalue weighted by Crippen LogP contribution is -2.19. The molecule has 1 amide bonds. The van der Waals surface area contributed by atoms with Crippen molar-refractivity contribution in [2.24, 2.45) is 5.73 Å². The number of nitrogens with zero attached hydrogens (tertiary/aromatic N) is 2.